The molecule has 0 aliphatic heterocycles. The van der Waals surface area contributed by atoms with Gasteiger partial charge < -0.3 is 20.9 Å². The zero-order valence-corrected chi connectivity index (χ0v) is 12.1. The number of nitrogens with one attached hydrogen (secondary N) is 1. The van der Waals surface area contributed by atoms with E-state index in [1.54, 1.807) is 5.32 Å². The molecule has 2 rings (SSSR count). The first kappa shape index (κ1) is 18.2. The van der Waals surface area contributed by atoms with Crippen molar-refractivity contribution < 1.29 is 32.3 Å². The molecule has 0 fully saturated rings. The monoisotopic (exact) mass is 362 g/mol. The van der Waals surface area contributed by atoms with Crippen LogP contribution in [0.25, 0.3) is 0 Å². The Morgan fingerprint density at radius 3 is 2.56 bits per heavy atom. The van der Waals surface area contributed by atoms with E-state index in [1.165, 1.54) is 0 Å². The zero-order chi connectivity index (χ0) is 18.8. The summed E-state index contributed by atoms with van der Waals surface area (Å²) in [5.74, 6) is -2.47. The van der Waals surface area contributed by atoms with Crippen molar-refractivity contribution in [1.82, 2.24) is 4.98 Å². The smallest absolute Gasteiger partial charge is 0.433 e. The van der Waals surface area contributed by atoms with Gasteiger partial charge in [0, 0.05) is 24.0 Å². The fourth-order valence-electron chi connectivity index (χ4n) is 1.75. The van der Waals surface area contributed by atoms with Gasteiger partial charge in [-0.3, -0.25) is 10.1 Å². The molecule has 0 spiro atoms. The van der Waals surface area contributed by atoms with Crippen LogP contribution in [-0.2, 0) is 0 Å². The SMILES string of the molecule is Nc1nccc(Oc2ccc(NC(O)C(F)(F)F)cc2F)c1[N+](=O)[O-]. The number of nitro groups is 1. The minimum Gasteiger partial charge on any atom is -0.447 e. The van der Waals surface area contributed by atoms with Crippen molar-refractivity contribution in [3.05, 3.63) is 46.4 Å². The highest BCUT2D eigenvalue weighted by Crippen LogP contribution is 2.36. The van der Waals surface area contributed by atoms with E-state index in [0.29, 0.717) is 6.07 Å². The number of nitrogens with zero attached hydrogens (tertiary/aromatic N) is 2. The summed E-state index contributed by atoms with van der Waals surface area (Å²) in [4.78, 5) is 13.6. The molecule has 1 aromatic carbocycles. The summed E-state index contributed by atoms with van der Waals surface area (Å²) in [7, 11) is 0. The summed E-state index contributed by atoms with van der Waals surface area (Å²) in [6.45, 7) is 0. The number of aliphatic hydroxyl groups is 1. The second-order valence-electron chi connectivity index (χ2n) is 4.64. The molecule has 0 amide bonds. The number of hydrogen-bond acceptors (Lipinski definition) is 7. The highest BCUT2D eigenvalue weighted by Gasteiger charge is 2.38. The second kappa shape index (κ2) is 6.76. The third kappa shape index (κ3) is 4.23. The van der Waals surface area contributed by atoms with E-state index in [-0.39, 0.29) is 5.69 Å². The number of rotatable bonds is 5. The highest BCUT2D eigenvalue weighted by atomic mass is 19.4. The Hall–Kier alpha value is -3.15. The van der Waals surface area contributed by atoms with Crippen LogP contribution in [0.15, 0.2) is 30.5 Å². The number of hydrogen-bond donors (Lipinski definition) is 3. The predicted molar refractivity (Wildman–Crippen MR) is 77.5 cm³/mol. The molecule has 134 valence electrons. The van der Waals surface area contributed by atoms with Crippen LogP contribution < -0.4 is 15.8 Å². The Labute approximate surface area is 137 Å². The van der Waals surface area contributed by atoms with E-state index in [4.69, 9.17) is 15.6 Å². The molecular formula is C13H10F4N4O4. The van der Waals surface area contributed by atoms with E-state index in [0.717, 1.165) is 24.4 Å². The summed E-state index contributed by atoms with van der Waals surface area (Å²) in [6.07, 6.45) is -6.73. The molecule has 1 heterocycles. The van der Waals surface area contributed by atoms with Gasteiger partial charge >= 0.3 is 11.9 Å². The number of ether oxygens (including phenoxy) is 1. The van der Waals surface area contributed by atoms with E-state index in [9.17, 15) is 27.7 Å². The molecular weight excluding hydrogens is 352 g/mol. The topological polar surface area (TPSA) is 124 Å². The molecule has 0 aliphatic carbocycles. The minimum atomic E-state index is -4.94. The third-order valence-electron chi connectivity index (χ3n) is 2.86. The van der Waals surface area contributed by atoms with Gasteiger partial charge in [-0.2, -0.15) is 13.2 Å². The van der Waals surface area contributed by atoms with Crippen molar-refractivity contribution in [2.24, 2.45) is 0 Å². The van der Waals surface area contributed by atoms with Gasteiger partial charge in [0.1, 0.15) is 0 Å². The first-order chi connectivity index (χ1) is 11.6. The van der Waals surface area contributed by atoms with Gasteiger partial charge in [0.25, 0.3) is 0 Å². The Kier molecular flexibility index (Phi) is 4.92. The van der Waals surface area contributed by atoms with Gasteiger partial charge in [-0.05, 0) is 12.1 Å². The molecule has 8 nitrogen and oxygen atoms in total. The van der Waals surface area contributed by atoms with Crippen LogP contribution in [0.3, 0.4) is 0 Å². The standard InChI is InChI=1S/C13H10F4N4O4/c14-7-5-6(20-12(22)13(15,16)17)1-2-8(7)25-9-3-4-19-11(18)10(9)21(23)24/h1-5,12,20,22H,(H2,18,19). The first-order valence-electron chi connectivity index (χ1n) is 6.47. The number of pyridine rings is 1. The molecule has 12 heteroatoms. The number of halogens is 4. The fraction of sp³-hybridized carbons (Fsp3) is 0.154. The van der Waals surface area contributed by atoms with Crippen LogP contribution in [-0.4, -0.2) is 27.4 Å². The number of alkyl halides is 3. The van der Waals surface area contributed by atoms with Crippen molar-refractivity contribution in [2.75, 3.05) is 11.1 Å². The molecule has 0 aliphatic rings. The van der Waals surface area contributed by atoms with Crippen LogP contribution in [0.2, 0.25) is 0 Å². The Morgan fingerprint density at radius 2 is 2.00 bits per heavy atom. The van der Waals surface area contributed by atoms with E-state index < -0.39 is 46.1 Å². The molecule has 0 bridgehead atoms. The molecule has 25 heavy (non-hydrogen) atoms. The van der Waals surface area contributed by atoms with Gasteiger partial charge in [0.05, 0.1) is 4.92 Å². The first-order valence-corrected chi connectivity index (χ1v) is 6.47. The lowest BCUT2D eigenvalue weighted by atomic mass is 10.2. The van der Waals surface area contributed by atoms with E-state index >= 15 is 0 Å². The molecule has 1 aromatic heterocycles. The fourth-order valence-corrected chi connectivity index (χ4v) is 1.75. The average molecular weight is 362 g/mol. The maximum atomic E-state index is 14.0. The zero-order valence-electron chi connectivity index (χ0n) is 12.1. The van der Waals surface area contributed by atoms with E-state index in [2.05, 4.69) is 4.98 Å². The van der Waals surface area contributed by atoms with Crippen molar-refractivity contribution in [1.29, 1.82) is 0 Å². The van der Waals surface area contributed by atoms with Crippen LogP contribution in [0.4, 0.5) is 34.8 Å². The Bertz CT molecular complexity index is 800. The van der Waals surface area contributed by atoms with Crippen LogP contribution in [0.1, 0.15) is 0 Å². The number of aromatic nitrogens is 1. The number of anilines is 2. The molecule has 0 saturated carbocycles. The number of nitrogens with two attached hydrogens (primary N) is 1. The predicted octanol–water partition coefficient (Wildman–Crippen LogP) is 2.80. The molecule has 2 aromatic rings. The van der Waals surface area contributed by atoms with Gasteiger partial charge in [0.2, 0.25) is 17.8 Å². The number of aliphatic hydroxyl groups excluding tert-OH is 1. The van der Waals surface area contributed by atoms with Gasteiger partial charge in [0.15, 0.2) is 11.6 Å². The maximum Gasteiger partial charge on any atom is 0.433 e. The minimum absolute atomic E-state index is 0.376. The average Bonchev–Trinajstić information content (AvgIpc) is 2.48. The quantitative estimate of drug-likeness (QED) is 0.323. The van der Waals surface area contributed by atoms with Crippen molar-refractivity contribution in [3.8, 4) is 11.5 Å². The van der Waals surface area contributed by atoms with Crippen LogP contribution >= 0.6 is 0 Å². The molecule has 1 atom stereocenters. The summed E-state index contributed by atoms with van der Waals surface area (Å²) in [5.41, 5.74) is 4.30. The van der Waals surface area contributed by atoms with Crippen LogP contribution in [0.5, 0.6) is 11.5 Å². The van der Waals surface area contributed by atoms with Crippen molar-refractivity contribution >= 4 is 17.2 Å². The lowest BCUT2D eigenvalue weighted by Gasteiger charge is -2.17. The number of benzene rings is 1. The van der Waals surface area contributed by atoms with Crippen molar-refractivity contribution in [3.63, 3.8) is 0 Å². The van der Waals surface area contributed by atoms with Gasteiger partial charge in [-0.15, -0.1) is 0 Å². The summed E-state index contributed by atoms with van der Waals surface area (Å²) in [5, 5.41) is 21.5. The van der Waals surface area contributed by atoms with E-state index in [1.807, 2.05) is 0 Å². The van der Waals surface area contributed by atoms with Gasteiger partial charge in [-0.25, -0.2) is 9.37 Å². The van der Waals surface area contributed by atoms with Crippen LogP contribution in [0, 0.1) is 15.9 Å². The van der Waals surface area contributed by atoms with Crippen molar-refractivity contribution in [2.45, 2.75) is 12.4 Å². The maximum absolute atomic E-state index is 14.0. The molecule has 4 N–H and O–H groups in total. The second-order valence-corrected chi connectivity index (χ2v) is 4.64. The highest BCUT2D eigenvalue weighted by molar-refractivity contribution is 5.62. The van der Waals surface area contributed by atoms with Gasteiger partial charge in [-0.1, -0.05) is 0 Å². The lowest BCUT2D eigenvalue weighted by molar-refractivity contribution is -0.384. The Morgan fingerprint density at radius 1 is 1.32 bits per heavy atom. The largest absolute Gasteiger partial charge is 0.447 e. The summed E-state index contributed by atoms with van der Waals surface area (Å²) in [6, 6.07) is 3.62. The molecule has 1 unspecified atom stereocenters. The molecule has 0 radical (unpaired) electrons. The number of nitrogen functional groups attached to an aromatic ring is 1. The lowest BCUT2D eigenvalue weighted by Crippen LogP contribution is -2.35. The Balaban J connectivity index is 2.26. The molecule has 0 saturated heterocycles. The summed E-state index contributed by atoms with van der Waals surface area (Å²) >= 11 is 0. The summed E-state index contributed by atoms with van der Waals surface area (Å²) < 4.78 is 55.8. The third-order valence-corrected chi connectivity index (χ3v) is 2.86. The normalized spacial score (nSPS) is 12.5.